The summed E-state index contributed by atoms with van der Waals surface area (Å²) in [5.41, 5.74) is 7.35. The monoisotopic (exact) mass is 380 g/mol. The first-order valence-electron chi connectivity index (χ1n) is 5.69. The summed E-state index contributed by atoms with van der Waals surface area (Å²) in [5.74, 6) is 0.0417. The van der Waals surface area contributed by atoms with Crippen LogP contribution in [0.2, 0.25) is 0 Å². The summed E-state index contributed by atoms with van der Waals surface area (Å²) in [6.45, 7) is 3.53. The molecule has 21 heavy (non-hydrogen) atoms. The summed E-state index contributed by atoms with van der Waals surface area (Å²) >= 11 is 3.33. The van der Waals surface area contributed by atoms with Crippen LogP contribution in [0.15, 0.2) is 33.6 Å². The van der Waals surface area contributed by atoms with Crippen LogP contribution in [0.25, 0.3) is 0 Å². The maximum absolute atomic E-state index is 12.2. The number of halogens is 1. The molecule has 0 atom stereocenters. The van der Waals surface area contributed by atoms with Crippen LogP contribution >= 0.6 is 15.9 Å². The molecule has 0 saturated heterocycles. The van der Waals surface area contributed by atoms with E-state index in [4.69, 9.17) is 5.73 Å². The topological polar surface area (TPSA) is 98.0 Å². The molecule has 0 amide bonds. The van der Waals surface area contributed by atoms with Crippen LogP contribution < -0.4 is 10.5 Å². The zero-order valence-electron chi connectivity index (χ0n) is 10.9. The van der Waals surface area contributed by atoms with Crippen molar-refractivity contribution in [3.05, 3.63) is 40.1 Å². The fourth-order valence-corrected chi connectivity index (χ4v) is 2.70. The number of aromatic nitrogens is 2. The molecule has 2 rings (SSSR count). The Balaban J connectivity index is 0.00000220. The van der Waals surface area contributed by atoms with E-state index in [2.05, 4.69) is 30.6 Å². The number of anilines is 2. The van der Waals surface area contributed by atoms with Crippen LogP contribution in [0.3, 0.4) is 0 Å². The van der Waals surface area contributed by atoms with Crippen LogP contribution in [0.4, 0.5) is 11.6 Å². The van der Waals surface area contributed by atoms with Crippen LogP contribution in [-0.2, 0) is 10.0 Å². The third kappa shape index (κ3) is 4.40. The van der Waals surface area contributed by atoms with E-state index < -0.39 is 10.0 Å². The SMILES string of the molecule is Cc1nc(NS(=O)(=O)c2ccc(N)cc2)nc(C)c1Br.[NaH]. The Labute approximate surface area is 154 Å². The van der Waals surface area contributed by atoms with E-state index in [1.54, 1.807) is 13.8 Å². The van der Waals surface area contributed by atoms with Gasteiger partial charge in [0.25, 0.3) is 10.0 Å². The van der Waals surface area contributed by atoms with Crippen molar-refractivity contribution in [3.63, 3.8) is 0 Å². The zero-order chi connectivity index (χ0) is 14.9. The Morgan fingerprint density at radius 3 is 2.05 bits per heavy atom. The summed E-state index contributed by atoms with van der Waals surface area (Å²) in [6.07, 6.45) is 0. The van der Waals surface area contributed by atoms with E-state index >= 15 is 0 Å². The quantitative estimate of drug-likeness (QED) is 0.622. The number of nitrogens with one attached hydrogen (secondary N) is 1. The van der Waals surface area contributed by atoms with E-state index in [9.17, 15) is 8.42 Å². The van der Waals surface area contributed by atoms with Crippen LogP contribution in [0, 0.1) is 13.8 Å². The van der Waals surface area contributed by atoms with Gasteiger partial charge in [0.05, 0.1) is 20.8 Å². The van der Waals surface area contributed by atoms with Crippen molar-refractivity contribution in [2.75, 3.05) is 10.5 Å². The molecule has 3 N–H and O–H groups in total. The van der Waals surface area contributed by atoms with Crippen molar-refractivity contribution in [2.24, 2.45) is 0 Å². The summed E-state index contributed by atoms with van der Waals surface area (Å²) in [7, 11) is -3.72. The van der Waals surface area contributed by atoms with Gasteiger partial charge >= 0.3 is 29.6 Å². The number of nitrogens with zero attached hydrogens (tertiary/aromatic N) is 2. The fraction of sp³-hybridized carbons (Fsp3) is 0.167. The van der Waals surface area contributed by atoms with Gasteiger partial charge in [-0.2, -0.15) is 0 Å². The maximum atomic E-state index is 12.2. The van der Waals surface area contributed by atoms with Crippen molar-refractivity contribution in [1.29, 1.82) is 0 Å². The minimum absolute atomic E-state index is 0. The summed E-state index contributed by atoms with van der Waals surface area (Å²) in [5, 5.41) is 0. The number of hydrogen-bond donors (Lipinski definition) is 2. The van der Waals surface area contributed by atoms with Gasteiger partial charge in [0, 0.05) is 5.69 Å². The summed E-state index contributed by atoms with van der Waals surface area (Å²) in [6, 6.07) is 5.90. The zero-order valence-corrected chi connectivity index (χ0v) is 13.3. The van der Waals surface area contributed by atoms with Crippen molar-refractivity contribution in [2.45, 2.75) is 18.7 Å². The Bertz CT molecular complexity index is 727. The van der Waals surface area contributed by atoms with Crippen LogP contribution in [0.5, 0.6) is 0 Å². The second-order valence-electron chi connectivity index (χ2n) is 4.21. The van der Waals surface area contributed by atoms with Gasteiger partial charge in [-0.1, -0.05) is 0 Å². The molecular weight excluding hydrogens is 367 g/mol. The van der Waals surface area contributed by atoms with E-state index in [0.29, 0.717) is 17.1 Å². The molecule has 1 aromatic carbocycles. The number of sulfonamides is 1. The summed E-state index contributed by atoms with van der Waals surface area (Å²) in [4.78, 5) is 8.28. The molecule has 0 aliphatic carbocycles. The molecule has 0 spiro atoms. The van der Waals surface area contributed by atoms with Crippen LogP contribution in [0.1, 0.15) is 11.4 Å². The Kier molecular flexibility index (Phi) is 6.18. The number of nitrogens with two attached hydrogens (primary N) is 1. The number of benzene rings is 1. The predicted molar refractivity (Wildman–Crippen MR) is 88.0 cm³/mol. The van der Waals surface area contributed by atoms with Gasteiger partial charge in [-0.05, 0) is 54.0 Å². The second kappa shape index (κ2) is 7.06. The predicted octanol–water partition coefficient (Wildman–Crippen LogP) is 1.59. The minimum atomic E-state index is -3.72. The number of hydrogen-bond acceptors (Lipinski definition) is 5. The van der Waals surface area contributed by atoms with E-state index in [0.717, 1.165) is 4.47 Å². The Hall–Kier alpha value is -0.670. The molecular formula is C12H14BrN4NaO2S. The van der Waals surface area contributed by atoms with Crippen molar-refractivity contribution in [1.82, 2.24) is 9.97 Å². The molecule has 108 valence electrons. The van der Waals surface area contributed by atoms with Gasteiger partial charge in [-0.15, -0.1) is 0 Å². The van der Waals surface area contributed by atoms with Crippen LogP contribution in [-0.4, -0.2) is 47.9 Å². The van der Waals surface area contributed by atoms with E-state index in [-0.39, 0.29) is 40.4 Å². The molecule has 0 radical (unpaired) electrons. The van der Waals surface area contributed by atoms with E-state index in [1.807, 2.05) is 0 Å². The molecule has 2 aromatic rings. The standard InChI is InChI=1S/C12H13BrN4O2S.Na.H/c1-7-11(13)8(2)16-12(15-7)17-20(18,19)10-5-3-9(14)4-6-10;;/h3-6H,14H2,1-2H3,(H,15,16,17);;. The van der Waals surface area contributed by atoms with Gasteiger partial charge in [-0.25, -0.2) is 23.1 Å². The molecule has 0 fully saturated rings. The molecule has 0 saturated carbocycles. The molecule has 0 unspecified atom stereocenters. The molecule has 0 bridgehead atoms. The average molecular weight is 381 g/mol. The first-order valence-corrected chi connectivity index (χ1v) is 7.96. The molecule has 0 aliphatic heterocycles. The average Bonchev–Trinajstić information content (AvgIpc) is 2.36. The van der Waals surface area contributed by atoms with Gasteiger partial charge in [0.15, 0.2) is 0 Å². The first-order chi connectivity index (χ1) is 9.29. The fourth-order valence-electron chi connectivity index (χ4n) is 1.57. The number of rotatable bonds is 3. The third-order valence-corrected chi connectivity index (χ3v) is 5.09. The number of nitrogen functional groups attached to an aromatic ring is 1. The van der Waals surface area contributed by atoms with Gasteiger partial charge in [-0.3, -0.25) is 0 Å². The summed E-state index contributed by atoms with van der Waals surface area (Å²) < 4.78 is 27.5. The molecule has 1 heterocycles. The van der Waals surface area contributed by atoms with Crippen molar-refractivity contribution < 1.29 is 8.42 Å². The van der Waals surface area contributed by atoms with Gasteiger partial charge in [0.1, 0.15) is 0 Å². The normalized spacial score (nSPS) is 10.8. The molecule has 9 heteroatoms. The second-order valence-corrected chi connectivity index (χ2v) is 6.68. The van der Waals surface area contributed by atoms with Crippen molar-refractivity contribution >= 4 is 67.1 Å². The van der Waals surface area contributed by atoms with Gasteiger partial charge < -0.3 is 5.73 Å². The van der Waals surface area contributed by atoms with Crippen molar-refractivity contribution in [3.8, 4) is 0 Å². The van der Waals surface area contributed by atoms with E-state index in [1.165, 1.54) is 24.3 Å². The molecule has 6 nitrogen and oxygen atoms in total. The third-order valence-electron chi connectivity index (χ3n) is 2.60. The Morgan fingerprint density at radius 1 is 1.10 bits per heavy atom. The Morgan fingerprint density at radius 2 is 1.57 bits per heavy atom. The van der Waals surface area contributed by atoms with Gasteiger partial charge in [0.2, 0.25) is 5.95 Å². The molecule has 0 aliphatic rings. The molecule has 1 aromatic heterocycles. The number of aryl methyl sites for hydroxylation is 2. The first kappa shape index (κ1) is 18.4.